The average molecular weight is 263 g/mol. The van der Waals surface area contributed by atoms with Crippen LogP contribution in [0.25, 0.3) is 0 Å². The number of likely N-dealkylation sites (tertiary alicyclic amines) is 1. The van der Waals surface area contributed by atoms with Crippen molar-refractivity contribution in [2.45, 2.75) is 32.4 Å². The quantitative estimate of drug-likeness (QED) is 0.857. The van der Waals surface area contributed by atoms with Gasteiger partial charge in [0.2, 0.25) is 0 Å². The minimum Gasteiger partial charge on any atom is -0.480 e. The summed E-state index contributed by atoms with van der Waals surface area (Å²) in [6, 6.07) is 2.74. The summed E-state index contributed by atoms with van der Waals surface area (Å²) < 4.78 is 0. The van der Waals surface area contributed by atoms with Crippen LogP contribution in [0.4, 0.5) is 4.79 Å². The minimum atomic E-state index is -0.940. The summed E-state index contributed by atoms with van der Waals surface area (Å²) in [5.74, 6) is -0.940. The van der Waals surface area contributed by atoms with E-state index in [-0.39, 0.29) is 6.03 Å². The Labute approximate surface area is 111 Å². The molecule has 0 unspecified atom stereocenters. The molecule has 0 aromatic carbocycles. The van der Waals surface area contributed by atoms with Gasteiger partial charge >= 0.3 is 12.0 Å². The summed E-state index contributed by atoms with van der Waals surface area (Å²) in [5.41, 5.74) is 1.81. The van der Waals surface area contributed by atoms with Gasteiger partial charge < -0.3 is 15.3 Å². The van der Waals surface area contributed by atoms with Crippen LogP contribution < -0.4 is 5.32 Å². The number of carboxylic acids is 1. The van der Waals surface area contributed by atoms with Gasteiger partial charge in [-0.1, -0.05) is 6.07 Å². The molecule has 1 aromatic heterocycles. The van der Waals surface area contributed by atoms with Gasteiger partial charge in [0.1, 0.15) is 6.04 Å². The van der Waals surface area contributed by atoms with Gasteiger partial charge in [0.15, 0.2) is 0 Å². The Morgan fingerprint density at radius 3 is 2.95 bits per heavy atom. The zero-order chi connectivity index (χ0) is 13.8. The molecule has 1 fully saturated rings. The molecule has 1 atom stereocenters. The lowest BCUT2D eigenvalue weighted by Gasteiger charge is -2.21. The number of carbonyl (C=O) groups excluding carboxylic acids is 1. The average Bonchev–Trinajstić information content (AvgIpc) is 2.87. The molecular weight excluding hydrogens is 246 g/mol. The summed E-state index contributed by atoms with van der Waals surface area (Å²) in [7, 11) is 0. The number of amides is 2. The Hall–Kier alpha value is -2.11. The summed E-state index contributed by atoms with van der Waals surface area (Å²) >= 11 is 0. The van der Waals surface area contributed by atoms with Crippen LogP contribution in [0.5, 0.6) is 0 Å². The van der Waals surface area contributed by atoms with Crippen LogP contribution in [0.2, 0.25) is 0 Å². The lowest BCUT2D eigenvalue weighted by molar-refractivity contribution is -0.141. The molecule has 2 rings (SSSR count). The number of hydrogen-bond acceptors (Lipinski definition) is 3. The molecule has 1 aliphatic rings. The molecule has 1 saturated heterocycles. The van der Waals surface area contributed by atoms with Gasteiger partial charge in [-0.2, -0.15) is 0 Å². The first-order valence-corrected chi connectivity index (χ1v) is 6.27. The Morgan fingerprint density at radius 1 is 1.53 bits per heavy atom. The number of carboxylic acid groups (broad SMARTS) is 1. The fraction of sp³-hybridized carbons (Fsp3) is 0.462. The predicted molar refractivity (Wildman–Crippen MR) is 68.6 cm³/mol. The van der Waals surface area contributed by atoms with Crippen molar-refractivity contribution < 1.29 is 14.7 Å². The van der Waals surface area contributed by atoms with Crippen molar-refractivity contribution in [3.63, 3.8) is 0 Å². The molecular formula is C13H17N3O3. The van der Waals surface area contributed by atoms with Gasteiger partial charge in [0, 0.05) is 25.0 Å². The van der Waals surface area contributed by atoms with Crippen molar-refractivity contribution in [2.24, 2.45) is 0 Å². The molecule has 1 aliphatic heterocycles. The maximum absolute atomic E-state index is 11.9. The molecule has 19 heavy (non-hydrogen) atoms. The van der Waals surface area contributed by atoms with Crippen molar-refractivity contribution >= 4 is 12.0 Å². The molecule has 6 heteroatoms. The number of nitrogens with one attached hydrogen (secondary N) is 1. The monoisotopic (exact) mass is 263 g/mol. The number of pyridine rings is 1. The third kappa shape index (κ3) is 3.21. The zero-order valence-electron chi connectivity index (χ0n) is 10.8. The van der Waals surface area contributed by atoms with E-state index in [0.29, 0.717) is 19.5 Å². The highest BCUT2D eigenvalue weighted by atomic mass is 16.4. The fourth-order valence-corrected chi connectivity index (χ4v) is 2.15. The molecule has 1 aromatic rings. The largest absolute Gasteiger partial charge is 0.480 e. The van der Waals surface area contributed by atoms with E-state index in [9.17, 15) is 9.59 Å². The molecule has 2 N–H and O–H groups in total. The number of rotatable bonds is 3. The second-order valence-electron chi connectivity index (χ2n) is 4.66. The van der Waals surface area contributed by atoms with Gasteiger partial charge in [-0.15, -0.1) is 0 Å². The molecule has 0 spiro atoms. The third-order valence-electron chi connectivity index (χ3n) is 3.22. The normalized spacial score (nSPS) is 18.4. The van der Waals surface area contributed by atoms with Gasteiger partial charge in [-0.25, -0.2) is 9.59 Å². The van der Waals surface area contributed by atoms with E-state index in [2.05, 4.69) is 10.3 Å². The van der Waals surface area contributed by atoms with Crippen molar-refractivity contribution in [2.75, 3.05) is 6.54 Å². The number of aromatic nitrogens is 1. The molecule has 102 valence electrons. The maximum atomic E-state index is 11.9. The lowest BCUT2D eigenvalue weighted by atomic mass is 10.2. The lowest BCUT2D eigenvalue weighted by Crippen LogP contribution is -2.45. The van der Waals surface area contributed by atoms with Crippen molar-refractivity contribution in [1.82, 2.24) is 15.2 Å². The maximum Gasteiger partial charge on any atom is 0.326 e. The first-order chi connectivity index (χ1) is 9.08. The molecule has 0 saturated carbocycles. The topological polar surface area (TPSA) is 82.5 Å². The van der Waals surface area contributed by atoms with E-state index in [1.165, 1.54) is 4.90 Å². The predicted octanol–water partition coefficient (Wildman–Crippen LogP) is 1.15. The highest BCUT2D eigenvalue weighted by Crippen LogP contribution is 2.17. The van der Waals surface area contributed by atoms with Gasteiger partial charge in [0.05, 0.1) is 0 Å². The second-order valence-corrected chi connectivity index (χ2v) is 4.66. The van der Waals surface area contributed by atoms with E-state index >= 15 is 0 Å². The number of urea groups is 1. The minimum absolute atomic E-state index is 0.328. The molecule has 0 bridgehead atoms. The molecule has 6 nitrogen and oxygen atoms in total. The third-order valence-corrected chi connectivity index (χ3v) is 3.22. The highest BCUT2D eigenvalue weighted by molar-refractivity contribution is 5.83. The van der Waals surface area contributed by atoms with Crippen LogP contribution in [-0.2, 0) is 11.3 Å². The number of hydrogen-bond donors (Lipinski definition) is 2. The highest BCUT2D eigenvalue weighted by Gasteiger charge is 2.33. The summed E-state index contributed by atoms with van der Waals surface area (Å²) in [6.07, 6.45) is 2.96. The van der Waals surface area contributed by atoms with Gasteiger partial charge in [-0.3, -0.25) is 4.98 Å². The Kier molecular flexibility index (Phi) is 3.99. The number of aliphatic carboxylic acids is 1. The standard InChI is InChI=1S/C13H17N3O3/c1-9-4-5-10(7-14-9)8-15-13(19)16-6-2-3-11(16)12(17)18/h4-5,7,11H,2-3,6,8H2,1H3,(H,15,19)(H,17,18)/t11-/m1/s1. The Balaban J connectivity index is 1.90. The molecule has 0 aliphatic carbocycles. The van der Waals surface area contributed by atoms with Crippen LogP contribution >= 0.6 is 0 Å². The van der Waals surface area contributed by atoms with Gasteiger partial charge in [-0.05, 0) is 31.4 Å². The van der Waals surface area contributed by atoms with Crippen LogP contribution in [0.3, 0.4) is 0 Å². The summed E-state index contributed by atoms with van der Waals surface area (Å²) in [4.78, 5) is 28.4. The van der Waals surface area contributed by atoms with E-state index in [4.69, 9.17) is 5.11 Å². The SMILES string of the molecule is Cc1ccc(CNC(=O)N2CCC[C@@H]2C(=O)O)cn1. The van der Waals surface area contributed by atoms with Crippen LogP contribution in [-0.4, -0.2) is 39.6 Å². The van der Waals surface area contributed by atoms with Crippen molar-refractivity contribution in [3.05, 3.63) is 29.6 Å². The molecule has 2 amide bonds. The van der Waals surface area contributed by atoms with E-state index in [1.54, 1.807) is 6.20 Å². The van der Waals surface area contributed by atoms with Crippen LogP contribution in [0.1, 0.15) is 24.1 Å². The first kappa shape index (κ1) is 13.3. The van der Waals surface area contributed by atoms with Crippen molar-refractivity contribution in [3.8, 4) is 0 Å². The van der Waals surface area contributed by atoms with Gasteiger partial charge in [0.25, 0.3) is 0 Å². The molecule has 0 radical (unpaired) electrons. The van der Waals surface area contributed by atoms with E-state index in [0.717, 1.165) is 17.7 Å². The Morgan fingerprint density at radius 2 is 2.32 bits per heavy atom. The van der Waals surface area contributed by atoms with Crippen LogP contribution in [0, 0.1) is 6.92 Å². The number of carbonyl (C=O) groups is 2. The van der Waals surface area contributed by atoms with E-state index < -0.39 is 12.0 Å². The van der Waals surface area contributed by atoms with E-state index in [1.807, 2.05) is 19.1 Å². The fourth-order valence-electron chi connectivity index (χ4n) is 2.15. The second kappa shape index (κ2) is 5.69. The molecule has 2 heterocycles. The number of aryl methyl sites for hydroxylation is 1. The van der Waals surface area contributed by atoms with Crippen LogP contribution in [0.15, 0.2) is 18.3 Å². The smallest absolute Gasteiger partial charge is 0.326 e. The summed E-state index contributed by atoms with van der Waals surface area (Å²) in [5, 5.41) is 11.7. The zero-order valence-corrected chi connectivity index (χ0v) is 10.8. The first-order valence-electron chi connectivity index (χ1n) is 6.27. The summed E-state index contributed by atoms with van der Waals surface area (Å²) in [6.45, 7) is 2.74. The number of nitrogens with zero attached hydrogens (tertiary/aromatic N) is 2. The Bertz CT molecular complexity index is 473. The van der Waals surface area contributed by atoms with Crippen molar-refractivity contribution in [1.29, 1.82) is 0 Å².